The van der Waals surface area contributed by atoms with Crippen LogP contribution in [-0.2, 0) is 9.53 Å². The Kier molecular flexibility index (Phi) is 3.14. The Bertz CT molecular complexity index is 692. The molecule has 1 saturated heterocycles. The van der Waals surface area contributed by atoms with Gasteiger partial charge in [-0.2, -0.15) is 0 Å². The van der Waals surface area contributed by atoms with E-state index in [0.717, 1.165) is 25.7 Å². The van der Waals surface area contributed by atoms with Crippen LogP contribution in [0.15, 0.2) is 23.8 Å². The second-order valence-corrected chi connectivity index (χ2v) is 9.50. The third-order valence-electron chi connectivity index (χ3n) is 8.50. The van der Waals surface area contributed by atoms with E-state index in [1.807, 2.05) is 0 Å². The van der Waals surface area contributed by atoms with Gasteiger partial charge in [-0.15, -0.1) is 0 Å². The molecule has 0 aromatic rings. The molecule has 5 aliphatic rings. The monoisotopic (exact) mass is 344 g/mol. The number of ether oxygens (including phenoxy) is 1. The van der Waals surface area contributed by atoms with Gasteiger partial charge < -0.3 is 14.9 Å². The Morgan fingerprint density at radius 1 is 1.24 bits per heavy atom. The van der Waals surface area contributed by atoms with Gasteiger partial charge in [0.05, 0.1) is 12.7 Å². The Labute approximate surface area is 148 Å². The normalized spacial score (nSPS) is 56.7. The van der Waals surface area contributed by atoms with Crippen molar-refractivity contribution in [1.29, 1.82) is 0 Å². The molecule has 4 aliphatic carbocycles. The number of aliphatic hydroxyl groups excluding tert-OH is 1. The molecule has 5 rings (SSSR count). The highest BCUT2D eigenvalue weighted by atomic mass is 16.6. The molecule has 8 atom stereocenters. The third kappa shape index (κ3) is 1.91. The highest BCUT2D eigenvalue weighted by Crippen LogP contribution is 2.69. The van der Waals surface area contributed by atoms with Gasteiger partial charge in [-0.1, -0.05) is 18.6 Å². The van der Waals surface area contributed by atoms with Crippen molar-refractivity contribution in [2.75, 3.05) is 6.61 Å². The van der Waals surface area contributed by atoms with Crippen molar-refractivity contribution >= 4 is 5.78 Å². The van der Waals surface area contributed by atoms with Crippen LogP contribution in [0.2, 0.25) is 0 Å². The lowest BCUT2D eigenvalue weighted by molar-refractivity contribution is -0.180. The lowest BCUT2D eigenvalue weighted by atomic mass is 9.46. The first-order valence-electron chi connectivity index (χ1n) is 9.77. The first-order chi connectivity index (χ1) is 11.8. The summed E-state index contributed by atoms with van der Waals surface area (Å²) in [5.74, 6) is 0.261. The van der Waals surface area contributed by atoms with Crippen LogP contribution >= 0.6 is 0 Å². The van der Waals surface area contributed by atoms with Gasteiger partial charge in [0, 0.05) is 22.7 Å². The topological polar surface area (TPSA) is 66.8 Å². The van der Waals surface area contributed by atoms with Crippen LogP contribution < -0.4 is 0 Å². The van der Waals surface area contributed by atoms with Crippen molar-refractivity contribution in [2.24, 2.45) is 34.5 Å². The summed E-state index contributed by atoms with van der Waals surface area (Å²) in [5.41, 5.74) is 0.911. The molecule has 3 saturated carbocycles. The lowest BCUT2D eigenvalue weighted by Gasteiger charge is -2.58. The Morgan fingerprint density at radius 3 is 2.84 bits per heavy atom. The molecule has 4 nitrogen and oxygen atoms in total. The fraction of sp³-hybridized carbons (Fsp3) is 0.762. The zero-order valence-corrected chi connectivity index (χ0v) is 15.1. The van der Waals surface area contributed by atoms with E-state index in [1.165, 1.54) is 5.57 Å². The van der Waals surface area contributed by atoms with Crippen LogP contribution in [-0.4, -0.2) is 34.5 Å². The summed E-state index contributed by atoms with van der Waals surface area (Å²) in [6, 6.07) is 0. The SMILES string of the molecule is CC1(O)OCC23CC(O)C4C(CCC5=CC(=O)C=CC54C)C2CCC13. The molecule has 0 bridgehead atoms. The van der Waals surface area contributed by atoms with Crippen molar-refractivity contribution < 1.29 is 19.7 Å². The molecule has 8 unspecified atom stereocenters. The molecule has 0 radical (unpaired) electrons. The summed E-state index contributed by atoms with van der Waals surface area (Å²) >= 11 is 0. The maximum atomic E-state index is 11.8. The fourth-order valence-electron chi connectivity index (χ4n) is 7.57. The van der Waals surface area contributed by atoms with Crippen molar-refractivity contribution in [3.63, 3.8) is 0 Å². The van der Waals surface area contributed by atoms with Gasteiger partial charge >= 0.3 is 0 Å². The number of fused-ring (bicyclic) bond motifs is 4. The van der Waals surface area contributed by atoms with E-state index in [1.54, 1.807) is 19.1 Å². The molecule has 25 heavy (non-hydrogen) atoms. The van der Waals surface area contributed by atoms with Gasteiger partial charge in [-0.05, 0) is 63.0 Å². The van der Waals surface area contributed by atoms with E-state index < -0.39 is 11.9 Å². The number of carbonyl (C=O) groups excluding carboxylic acids is 1. The summed E-state index contributed by atoms with van der Waals surface area (Å²) in [4.78, 5) is 11.8. The van der Waals surface area contributed by atoms with E-state index >= 15 is 0 Å². The van der Waals surface area contributed by atoms with Gasteiger partial charge in [0.25, 0.3) is 0 Å². The van der Waals surface area contributed by atoms with Crippen molar-refractivity contribution in [3.05, 3.63) is 23.8 Å². The molecule has 1 heterocycles. The van der Waals surface area contributed by atoms with Crippen molar-refractivity contribution in [2.45, 2.75) is 57.8 Å². The molecule has 136 valence electrons. The van der Waals surface area contributed by atoms with Crippen molar-refractivity contribution in [1.82, 2.24) is 0 Å². The van der Waals surface area contributed by atoms with Crippen LogP contribution in [0.1, 0.15) is 46.0 Å². The fourth-order valence-corrected chi connectivity index (χ4v) is 7.57. The Balaban J connectivity index is 1.56. The number of carbonyl (C=O) groups is 1. The molecule has 0 amide bonds. The molecular formula is C21H28O4. The van der Waals surface area contributed by atoms with Crippen LogP contribution in [0.5, 0.6) is 0 Å². The first kappa shape index (κ1) is 16.2. The summed E-state index contributed by atoms with van der Waals surface area (Å²) in [6.45, 7) is 4.57. The van der Waals surface area contributed by atoms with E-state index in [2.05, 4.69) is 13.0 Å². The maximum Gasteiger partial charge on any atom is 0.178 e. The van der Waals surface area contributed by atoms with Crippen LogP contribution in [0, 0.1) is 34.5 Å². The largest absolute Gasteiger partial charge is 0.393 e. The molecular weight excluding hydrogens is 316 g/mol. The quantitative estimate of drug-likeness (QED) is 0.709. The number of ketones is 1. The predicted molar refractivity (Wildman–Crippen MR) is 92.4 cm³/mol. The van der Waals surface area contributed by atoms with Crippen LogP contribution in [0.25, 0.3) is 0 Å². The number of hydrogen-bond donors (Lipinski definition) is 2. The van der Waals surface area contributed by atoms with Gasteiger partial charge in [0.2, 0.25) is 0 Å². The average Bonchev–Trinajstić information content (AvgIpc) is 3.04. The summed E-state index contributed by atoms with van der Waals surface area (Å²) in [5, 5.41) is 21.9. The molecule has 0 aromatic carbocycles. The minimum atomic E-state index is -1.05. The van der Waals surface area contributed by atoms with Gasteiger partial charge in [0.15, 0.2) is 11.6 Å². The Hall–Kier alpha value is -0.970. The second-order valence-electron chi connectivity index (χ2n) is 9.50. The minimum Gasteiger partial charge on any atom is -0.393 e. The number of allylic oxidation sites excluding steroid dienone is 4. The molecule has 1 spiro atoms. The molecule has 4 fully saturated rings. The Morgan fingerprint density at radius 2 is 2.04 bits per heavy atom. The van der Waals surface area contributed by atoms with E-state index in [-0.39, 0.29) is 28.4 Å². The van der Waals surface area contributed by atoms with Crippen LogP contribution in [0.3, 0.4) is 0 Å². The predicted octanol–water partition coefficient (Wildman–Crippen LogP) is 2.60. The number of hydrogen-bond acceptors (Lipinski definition) is 4. The van der Waals surface area contributed by atoms with E-state index in [4.69, 9.17) is 4.74 Å². The van der Waals surface area contributed by atoms with E-state index in [0.29, 0.717) is 24.9 Å². The second kappa shape index (κ2) is 4.85. The maximum absolute atomic E-state index is 11.8. The van der Waals surface area contributed by atoms with Gasteiger partial charge in [0.1, 0.15) is 0 Å². The van der Waals surface area contributed by atoms with Gasteiger partial charge in [-0.25, -0.2) is 0 Å². The standard InChI is InChI=1S/C21H28O4/c1-19-8-7-13(22)9-12(19)3-4-14-15-5-6-17-20(2,24)25-11-21(15,17)10-16(23)18(14)19/h7-9,14-18,23-24H,3-6,10-11H2,1-2H3. The summed E-state index contributed by atoms with van der Waals surface area (Å²) in [6.07, 6.45) is 9.92. The molecule has 4 heteroatoms. The van der Waals surface area contributed by atoms with Crippen LogP contribution in [0.4, 0.5) is 0 Å². The van der Waals surface area contributed by atoms with E-state index in [9.17, 15) is 15.0 Å². The first-order valence-corrected chi connectivity index (χ1v) is 9.77. The zero-order chi connectivity index (χ0) is 17.6. The third-order valence-corrected chi connectivity index (χ3v) is 8.50. The lowest BCUT2D eigenvalue weighted by Crippen LogP contribution is -2.57. The smallest absolute Gasteiger partial charge is 0.178 e. The molecule has 2 N–H and O–H groups in total. The average molecular weight is 344 g/mol. The summed E-state index contributed by atoms with van der Waals surface area (Å²) < 4.78 is 5.82. The van der Waals surface area contributed by atoms with Crippen molar-refractivity contribution in [3.8, 4) is 0 Å². The highest BCUT2D eigenvalue weighted by molar-refractivity contribution is 6.01. The molecule has 0 aromatic heterocycles. The minimum absolute atomic E-state index is 0.0736. The van der Waals surface area contributed by atoms with Gasteiger partial charge in [-0.3, -0.25) is 4.79 Å². The number of rotatable bonds is 0. The zero-order valence-electron chi connectivity index (χ0n) is 15.1. The number of aliphatic hydroxyl groups is 2. The summed E-state index contributed by atoms with van der Waals surface area (Å²) in [7, 11) is 0. The highest BCUT2D eigenvalue weighted by Gasteiger charge is 2.68. The molecule has 1 aliphatic heterocycles.